The monoisotopic (exact) mass is 517 g/mol. The Morgan fingerprint density at radius 3 is 2.31 bits per heavy atom. The van der Waals surface area contributed by atoms with E-state index in [1.807, 2.05) is 26.0 Å². The predicted molar refractivity (Wildman–Crippen MR) is 134 cm³/mol. The third kappa shape index (κ3) is 5.13. The van der Waals surface area contributed by atoms with E-state index >= 15 is 0 Å². The number of halogens is 4. The molecule has 0 aliphatic heterocycles. The van der Waals surface area contributed by atoms with Crippen molar-refractivity contribution in [2.24, 2.45) is 0 Å². The number of hydrogen-bond donors (Lipinski definition) is 2. The molecule has 0 fully saturated rings. The van der Waals surface area contributed by atoms with Crippen molar-refractivity contribution in [1.82, 2.24) is 9.97 Å². The summed E-state index contributed by atoms with van der Waals surface area (Å²) in [6.07, 6.45) is 0. The molecule has 35 heavy (non-hydrogen) atoms. The van der Waals surface area contributed by atoms with Crippen LogP contribution in [0.25, 0.3) is 11.3 Å². The fourth-order valence-corrected chi connectivity index (χ4v) is 4.86. The van der Waals surface area contributed by atoms with Gasteiger partial charge in [0.15, 0.2) is 5.16 Å². The Balaban J connectivity index is 1.76. The molecular weight excluding hydrogens is 495 g/mol. The molecule has 0 radical (unpaired) electrons. The maximum Gasteiger partial charge on any atom is 0.166 e. The second-order valence-corrected chi connectivity index (χ2v) is 9.87. The first-order valence-corrected chi connectivity index (χ1v) is 12.0. The fourth-order valence-electron chi connectivity index (χ4n) is 3.78. The van der Waals surface area contributed by atoms with Crippen LogP contribution in [0.4, 0.5) is 18.9 Å². The van der Waals surface area contributed by atoms with E-state index in [-0.39, 0.29) is 22.8 Å². The molecule has 3 aromatic carbocycles. The zero-order valence-corrected chi connectivity index (χ0v) is 20.8. The molecule has 0 spiro atoms. The molecule has 0 unspecified atom stereocenters. The van der Waals surface area contributed by atoms with Crippen molar-refractivity contribution < 1.29 is 17.9 Å². The van der Waals surface area contributed by atoms with Crippen molar-refractivity contribution in [2.75, 3.05) is 12.8 Å². The molecule has 4 nitrogen and oxygen atoms in total. The zero-order valence-electron chi connectivity index (χ0n) is 19.3. The van der Waals surface area contributed by atoms with Gasteiger partial charge >= 0.3 is 0 Å². The van der Waals surface area contributed by atoms with Crippen molar-refractivity contribution in [1.29, 1.82) is 0 Å². The van der Waals surface area contributed by atoms with Crippen LogP contribution in [0, 0.1) is 17.5 Å². The molecule has 9 heteroatoms. The molecule has 0 saturated carbocycles. The number of H-pyrrole nitrogens is 1. The van der Waals surface area contributed by atoms with Crippen molar-refractivity contribution >= 4 is 29.1 Å². The molecule has 4 aromatic rings. The van der Waals surface area contributed by atoms with Crippen molar-refractivity contribution in [3.8, 4) is 17.0 Å². The van der Waals surface area contributed by atoms with Crippen molar-refractivity contribution in [3.63, 3.8) is 0 Å². The maximum atomic E-state index is 14.3. The van der Waals surface area contributed by atoms with Crippen LogP contribution in [0.3, 0.4) is 0 Å². The Bertz CT molecular complexity index is 1350. The van der Waals surface area contributed by atoms with Gasteiger partial charge in [0.05, 0.1) is 23.5 Å². The lowest BCUT2D eigenvalue weighted by atomic mass is 9.79. The number of nitrogen functional groups attached to an aromatic ring is 1. The lowest BCUT2D eigenvalue weighted by molar-refractivity contribution is 0.413. The highest BCUT2D eigenvalue weighted by molar-refractivity contribution is 7.98. The van der Waals surface area contributed by atoms with Crippen LogP contribution in [0.1, 0.15) is 30.7 Å². The first-order valence-electron chi connectivity index (χ1n) is 10.7. The summed E-state index contributed by atoms with van der Waals surface area (Å²) >= 11 is 7.37. The Morgan fingerprint density at radius 1 is 1.03 bits per heavy atom. The van der Waals surface area contributed by atoms with E-state index in [1.165, 1.54) is 12.1 Å². The number of imidazole rings is 1. The lowest BCUT2D eigenvalue weighted by Gasteiger charge is -2.26. The van der Waals surface area contributed by atoms with Gasteiger partial charge in [-0.2, -0.15) is 0 Å². The molecule has 182 valence electrons. The summed E-state index contributed by atoms with van der Waals surface area (Å²) < 4.78 is 47.6. The van der Waals surface area contributed by atoms with Crippen LogP contribution < -0.4 is 10.5 Å². The average Bonchev–Trinajstić information content (AvgIpc) is 3.24. The SMILES string of the molecule is COc1cc(C(C)(C)c2[nH]c(SCc3c(F)cc(N)cc3F)nc2-c2ccc(F)cc2)ccc1Cl. The van der Waals surface area contributed by atoms with Gasteiger partial charge in [0, 0.05) is 28.0 Å². The average molecular weight is 518 g/mol. The minimum Gasteiger partial charge on any atom is -0.495 e. The van der Waals surface area contributed by atoms with Crippen LogP contribution in [0.2, 0.25) is 5.02 Å². The highest BCUT2D eigenvalue weighted by Crippen LogP contribution is 2.41. The quantitative estimate of drug-likeness (QED) is 0.198. The molecule has 1 aromatic heterocycles. The number of benzene rings is 3. The number of nitrogens with one attached hydrogen (secondary N) is 1. The topological polar surface area (TPSA) is 63.9 Å². The smallest absolute Gasteiger partial charge is 0.166 e. The third-order valence-corrected chi connectivity index (χ3v) is 7.03. The van der Waals surface area contributed by atoms with Gasteiger partial charge in [0.1, 0.15) is 23.2 Å². The number of anilines is 1. The molecule has 0 aliphatic carbocycles. The predicted octanol–water partition coefficient (Wildman–Crippen LogP) is 7.36. The number of aromatic nitrogens is 2. The van der Waals surface area contributed by atoms with E-state index in [1.54, 1.807) is 25.3 Å². The third-order valence-electron chi connectivity index (χ3n) is 5.81. The van der Waals surface area contributed by atoms with Gasteiger partial charge in [-0.05, 0) is 54.1 Å². The lowest BCUT2D eigenvalue weighted by Crippen LogP contribution is -2.20. The number of hydrogen-bond acceptors (Lipinski definition) is 4. The van der Waals surface area contributed by atoms with E-state index in [4.69, 9.17) is 27.1 Å². The van der Waals surface area contributed by atoms with Crippen LogP contribution in [0.15, 0.2) is 59.8 Å². The van der Waals surface area contributed by atoms with Crippen molar-refractivity contribution in [2.45, 2.75) is 30.2 Å². The number of rotatable bonds is 7. The van der Waals surface area contributed by atoms with Crippen molar-refractivity contribution in [3.05, 3.63) is 93.9 Å². The summed E-state index contributed by atoms with van der Waals surface area (Å²) in [4.78, 5) is 8.03. The molecule has 0 atom stereocenters. The molecule has 0 aliphatic rings. The minimum atomic E-state index is -0.714. The van der Waals surface area contributed by atoms with E-state index < -0.39 is 17.0 Å². The summed E-state index contributed by atoms with van der Waals surface area (Å²) in [5.74, 6) is -1.26. The first kappa shape index (κ1) is 25.0. The van der Waals surface area contributed by atoms with Gasteiger partial charge in [-0.1, -0.05) is 43.3 Å². The van der Waals surface area contributed by atoms with Gasteiger partial charge in [-0.3, -0.25) is 0 Å². The standard InChI is InChI=1S/C26H23ClF3N3OS/c1-26(2,15-6-9-19(27)22(10-15)34-3)24-23(14-4-7-16(28)8-5-14)32-25(33-24)35-13-18-20(29)11-17(31)12-21(18)30/h4-12H,13,31H2,1-3H3,(H,32,33). The van der Waals surface area contributed by atoms with E-state index in [9.17, 15) is 13.2 Å². The normalized spacial score (nSPS) is 11.6. The fraction of sp³-hybridized carbons (Fsp3) is 0.192. The van der Waals surface area contributed by atoms with Gasteiger partial charge in [-0.25, -0.2) is 18.2 Å². The largest absolute Gasteiger partial charge is 0.495 e. The zero-order chi connectivity index (χ0) is 25.3. The summed E-state index contributed by atoms with van der Waals surface area (Å²) in [5, 5.41) is 0.947. The van der Waals surface area contributed by atoms with Crippen LogP contribution in [0.5, 0.6) is 5.75 Å². The molecule has 0 bridgehead atoms. The minimum absolute atomic E-state index is 0.00293. The summed E-state index contributed by atoms with van der Waals surface area (Å²) in [5.41, 5.74) is 7.79. The molecule has 1 heterocycles. The first-order chi connectivity index (χ1) is 16.6. The maximum absolute atomic E-state index is 14.3. The van der Waals surface area contributed by atoms with E-state index in [0.717, 1.165) is 35.2 Å². The molecule has 3 N–H and O–H groups in total. The van der Waals surface area contributed by atoms with Gasteiger partial charge in [-0.15, -0.1) is 0 Å². The van der Waals surface area contributed by atoms with Crippen LogP contribution in [-0.4, -0.2) is 17.1 Å². The van der Waals surface area contributed by atoms with Gasteiger partial charge in [0.25, 0.3) is 0 Å². The Labute approximate surface area is 210 Å². The molecule has 4 rings (SSSR count). The summed E-state index contributed by atoms with van der Waals surface area (Å²) in [6.45, 7) is 4.01. The van der Waals surface area contributed by atoms with E-state index in [2.05, 4.69) is 4.98 Å². The number of thioether (sulfide) groups is 1. The highest BCUT2D eigenvalue weighted by Gasteiger charge is 2.31. The van der Waals surface area contributed by atoms with Crippen LogP contribution in [-0.2, 0) is 11.2 Å². The highest BCUT2D eigenvalue weighted by atomic mass is 35.5. The molecule has 0 saturated heterocycles. The Kier molecular flexibility index (Phi) is 7.05. The molecular formula is C26H23ClF3N3OS. The summed E-state index contributed by atoms with van der Waals surface area (Å²) in [7, 11) is 1.54. The number of ether oxygens (including phenoxy) is 1. The second kappa shape index (κ2) is 9.87. The number of nitrogens with two attached hydrogens (primary N) is 1. The Morgan fingerprint density at radius 2 is 1.69 bits per heavy atom. The van der Waals surface area contributed by atoms with Gasteiger partial charge in [0.2, 0.25) is 0 Å². The van der Waals surface area contributed by atoms with E-state index in [0.29, 0.717) is 27.2 Å². The number of methoxy groups -OCH3 is 1. The van der Waals surface area contributed by atoms with Gasteiger partial charge < -0.3 is 15.5 Å². The molecule has 0 amide bonds. The number of aromatic amines is 1. The second-order valence-electron chi connectivity index (χ2n) is 8.50. The summed E-state index contributed by atoms with van der Waals surface area (Å²) in [6, 6.07) is 13.7. The number of nitrogens with zero attached hydrogens (tertiary/aromatic N) is 1. The van der Waals surface area contributed by atoms with Crippen LogP contribution >= 0.6 is 23.4 Å². The Hall–Kier alpha value is -3.10.